The highest BCUT2D eigenvalue weighted by Crippen LogP contribution is 2.32. The average Bonchev–Trinajstić information content (AvgIpc) is 2.66. The van der Waals surface area contributed by atoms with E-state index in [0.717, 1.165) is 0 Å². The Balaban J connectivity index is 1.42. The van der Waals surface area contributed by atoms with Crippen LogP contribution in [0.4, 0.5) is 5.69 Å². The fourth-order valence-corrected chi connectivity index (χ4v) is 2.83. The maximum absolute atomic E-state index is 12.2. The predicted molar refractivity (Wildman–Crippen MR) is 96.7 cm³/mol. The maximum atomic E-state index is 12.2. The van der Waals surface area contributed by atoms with Crippen molar-refractivity contribution in [2.45, 2.75) is 12.8 Å². The van der Waals surface area contributed by atoms with Gasteiger partial charge in [0, 0.05) is 24.6 Å². The van der Waals surface area contributed by atoms with E-state index in [1.54, 1.807) is 36.4 Å². The monoisotopic (exact) mass is 351 g/mol. The minimum Gasteiger partial charge on any atom is -0.486 e. The number of carbonyl (C=O) groups excluding carboxylic acids is 1. The van der Waals surface area contributed by atoms with Gasteiger partial charge in [-0.05, 0) is 24.3 Å². The third-order valence-electron chi connectivity index (χ3n) is 4.08. The van der Waals surface area contributed by atoms with Gasteiger partial charge in [0.25, 0.3) is 5.56 Å². The highest BCUT2D eigenvalue weighted by molar-refractivity contribution is 5.91. The van der Waals surface area contributed by atoms with Crippen molar-refractivity contribution in [3.05, 3.63) is 58.6 Å². The van der Waals surface area contributed by atoms with Gasteiger partial charge in [-0.1, -0.05) is 12.1 Å². The molecular formula is C19H17N3O4. The number of aryl methyl sites for hydroxylation is 1. The number of nitrogens with zero attached hydrogens (tertiary/aromatic N) is 1. The lowest BCUT2D eigenvalue weighted by molar-refractivity contribution is -0.116. The number of hydrogen-bond donors (Lipinski definition) is 2. The molecule has 1 aromatic heterocycles. The summed E-state index contributed by atoms with van der Waals surface area (Å²) >= 11 is 0. The van der Waals surface area contributed by atoms with Crippen LogP contribution in [0, 0.1) is 0 Å². The van der Waals surface area contributed by atoms with Gasteiger partial charge in [-0.3, -0.25) is 9.59 Å². The first-order chi connectivity index (χ1) is 12.7. The van der Waals surface area contributed by atoms with Crippen LogP contribution in [0.3, 0.4) is 0 Å². The van der Waals surface area contributed by atoms with Crippen LogP contribution in [0.5, 0.6) is 11.5 Å². The van der Waals surface area contributed by atoms with Crippen molar-refractivity contribution in [1.82, 2.24) is 9.97 Å². The number of aromatic amines is 1. The Hall–Kier alpha value is -3.35. The van der Waals surface area contributed by atoms with E-state index in [-0.39, 0.29) is 17.9 Å². The highest BCUT2D eigenvalue weighted by Gasteiger charge is 2.13. The van der Waals surface area contributed by atoms with Crippen molar-refractivity contribution in [3.8, 4) is 11.5 Å². The van der Waals surface area contributed by atoms with Crippen molar-refractivity contribution >= 4 is 22.5 Å². The fraction of sp³-hybridized carbons (Fsp3) is 0.211. The summed E-state index contributed by atoms with van der Waals surface area (Å²) in [5.74, 6) is 1.62. The lowest BCUT2D eigenvalue weighted by Crippen LogP contribution is -2.17. The number of hydrogen-bond acceptors (Lipinski definition) is 5. The van der Waals surface area contributed by atoms with Crippen molar-refractivity contribution in [2.24, 2.45) is 0 Å². The van der Waals surface area contributed by atoms with Crippen LogP contribution in [-0.2, 0) is 11.2 Å². The third kappa shape index (κ3) is 3.37. The molecule has 132 valence electrons. The number of fused-ring (bicyclic) bond motifs is 2. The average molecular weight is 351 g/mol. The van der Waals surface area contributed by atoms with E-state index < -0.39 is 0 Å². The summed E-state index contributed by atoms with van der Waals surface area (Å²) in [7, 11) is 0. The lowest BCUT2D eigenvalue weighted by atomic mass is 10.2. The Labute approximate surface area is 149 Å². The lowest BCUT2D eigenvalue weighted by Gasteiger charge is -2.19. The molecule has 1 aliphatic rings. The Morgan fingerprint density at radius 1 is 1.12 bits per heavy atom. The first-order valence-corrected chi connectivity index (χ1v) is 8.36. The molecule has 2 N–H and O–H groups in total. The molecule has 0 unspecified atom stereocenters. The normalized spacial score (nSPS) is 12.8. The molecule has 7 nitrogen and oxygen atoms in total. The van der Waals surface area contributed by atoms with Gasteiger partial charge in [-0.2, -0.15) is 0 Å². The zero-order valence-corrected chi connectivity index (χ0v) is 14.0. The zero-order valence-electron chi connectivity index (χ0n) is 14.0. The Morgan fingerprint density at radius 2 is 1.92 bits per heavy atom. The van der Waals surface area contributed by atoms with Gasteiger partial charge in [0.05, 0.1) is 10.9 Å². The number of para-hydroxylation sites is 1. The molecule has 0 fully saturated rings. The quantitative estimate of drug-likeness (QED) is 0.752. The molecule has 1 amide bonds. The van der Waals surface area contributed by atoms with Gasteiger partial charge in [0.1, 0.15) is 19.0 Å². The first-order valence-electron chi connectivity index (χ1n) is 8.36. The second-order valence-electron chi connectivity index (χ2n) is 5.94. The minimum absolute atomic E-state index is 0.169. The van der Waals surface area contributed by atoms with Gasteiger partial charge in [-0.25, -0.2) is 4.98 Å². The van der Waals surface area contributed by atoms with E-state index in [2.05, 4.69) is 15.3 Å². The summed E-state index contributed by atoms with van der Waals surface area (Å²) in [5.41, 5.74) is 1.07. The number of carbonyl (C=O) groups is 1. The molecule has 7 heteroatoms. The van der Waals surface area contributed by atoms with Gasteiger partial charge < -0.3 is 19.8 Å². The summed E-state index contributed by atoms with van der Waals surface area (Å²) in [6, 6.07) is 12.4. The molecule has 0 saturated carbocycles. The van der Waals surface area contributed by atoms with Crippen molar-refractivity contribution < 1.29 is 14.3 Å². The second kappa shape index (κ2) is 6.87. The summed E-state index contributed by atoms with van der Waals surface area (Å²) in [4.78, 5) is 31.4. The molecule has 0 saturated heterocycles. The van der Waals surface area contributed by atoms with Crippen LogP contribution < -0.4 is 20.3 Å². The highest BCUT2D eigenvalue weighted by atomic mass is 16.6. The van der Waals surface area contributed by atoms with E-state index in [1.807, 2.05) is 6.07 Å². The summed E-state index contributed by atoms with van der Waals surface area (Å²) in [6.45, 7) is 1.01. The number of benzene rings is 2. The molecule has 4 rings (SSSR count). The van der Waals surface area contributed by atoms with Crippen LogP contribution in [0.25, 0.3) is 10.9 Å². The smallest absolute Gasteiger partial charge is 0.258 e. The molecule has 0 atom stereocenters. The molecule has 0 bridgehead atoms. The van der Waals surface area contributed by atoms with Crippen LogP contribution in [0.1, 0.15) is 12.2 Å². The molecule has 3 aromatic rings. The fourth-order valence-electron chi connectivity index (χ4n) is 2.83. The van der Waals surface area contributed by atoms with E-state index >= 15 is 0 Å². The van der Waals surface area contributed by atoms with Crippen LogP contribution in [0.2, 0.25) is 0 Å². The number of nitrogens with one attached hydrogen (secondary N) is 2. The first kappa shape index (κ1) is 16.1. The number of rotatable bonds is 4. The third-order valence-corrected chi connectivity index (χ3v) is 4.08. The molecule has 2 aromatic carbocycles. The van der Waals surface area contributed by atoms with Gasteiger partial charge in [-0.15, -0.1) is 0 Å². The Kier molecular flexibility index (Phi) is 4.27. The number of aromatic nitrogens is 2. The van der Waals surface area contributed by atoms with Gasteiger partial charge >= 0.3 is 0 Å². The Morgan fingerprint density at radius 3 is 2.81 bits per heavy atom. The molecule has 0 spiro atoms. The van der Waals surface area contributed by atoms with E-state index in [9.17, 15) is 9.59 Å². The second-order valence-corrected chi connectivity index (χ2v) is 5.94. The minimum atomic E-state index is -0.196. The zero-order chi connectivity index (χ0) is 17.9. The molecule has 2 heterocycles. The molecule has 0 radical (unpaired) electrons. The van der Waals surface area contributed by atoms with Gasteiger partial charge in [0.15, 0.2) is 11.5 Å². The topological polar surface area (TPSA) is 93.3 Å². The maximum Gasteiger partial charge on any atom is 0.258 e. The standard InChI is InChI=1S/C19H17N3O4/c23-18(20-12-5-6-15-16(11-12)26-10-9-25-15)8-7-17-21-14-4-2-1-3-13(14)19(24)22-17/h1-6,11H,7-10H2,(H,20,23)(H,21,22,24). The number of H-pyrrole nitrogens is 1. The number of anilines is 1. The van der Waals surface area contributed by atoms with Crippen molar-refractivity contribution in [1.29, 1.82) is 0 Å². The summed E-state index contributed by atoms with van der Waals surface area (Å²) in [6.07, 6.45) is 0.548. The molecular weight excluding hydrogens is 334 g/mol. The van der Waals surface area contributed by atoms with Crippen LogP contribution in [-0.4, -0.2) is 29.1 Å². The van der Waals surface area contributed by atoms with E-state index in [4.69, 9.17) is 9.47 Å². The predicted octanol–water partition coefficient (Wildman–Crippen LogP) is 2.27. The van der Waals surface area contributed by atoms with Gasteiger partial charge in [0.2, 0.25) is 5.91 Å². The van der Waals surface area contributed by atoms with E-state index in [0.29, 0.717) is 53.5 Å². The summed E-state index contributed by atoms with van der Waals surface area (Å²) in [5, 5.41) is 3.36. The van der Waals surface area contributed by atoms with Crippen LogP contribution >= 0.6 is 0 Å². The largest absolute Gasteiger partial charge is 0.486 e. The van der Waals surface area contributed by atoms with Crippen molar-refractivity contribution in [3.63, 3.8) is 0 Å². The Bertz CT molecular complexity index is 1030. The van der Waals surface area contributed by atoms with Crippen LogP contribution in [0.15, 0.2) is 47.3 Å². The SMILES string of the molecule is O=C(CCc1nc2ccccc2c(=O)[nH]1)Nc1ccc2c(c1)OCCO2. The molecule has 1 aliphatic heterocycles. The van der Waals surface area contributed by atoms with Crippen molar-refractivity contribution in [2.75, 3.05) is 18.5 Å². The molecule has 26 heavy (non-hydrogen) atoms. The number of ether oxygens (including phenoxy) is 2. The molecule has 0 aliphatic carbocycles. The van der Waals surface area contributed by atoms with E-state index in [1.165, 1.54) is 0 Å². The summed E-state index contributed by atoms with van der Waals surface area (Å²) < 4.78 is 11.0. The number of amides is 1.